The second kappa shape index (κ2) is 13.6. The third-order valence-corrected chi connectivity index (χ3v) is 7.04. The molecule has 0 unspecified atom stereocenters. The maximum Gasteiger partial charge on any atom is 0.306 e. The number of sulfone groups is 1. The summed E-state index contributed by atoms with van der Waals surface area (Å²) in [5.74, 6) is 0.219. The van der Waals surface area contributed by atoms with Crippen molar-refractivity contribution in [2.75, 3.05) is 25.2 Å². The third-order valence-electron chi connectivity index (χ3n) is 5.68. The van der Waals surface area contributed by atoms with Gasteiger partial charge in [0.05, 0.1) is 24.9 Å². The molecule has 0 aliphatic heterocycles. The fraction of sp³-hybridized carbons (Fsp3) is 0.357. The summed E-state index contributed by atoms with van der Waals surface area (Å²) in [6.45, 7) is 4.68. The first-order chi connectivity index (χ1) is 18.1. The van der Waals surface area contributed by atoms with Crippen LogP contribution >= 0.6 is 11.6 Å². The van der Waals surface area contributed by atoms with Crippen LogP contribution in [-0.4, -0.2) is 49.7 Å². The molecule has 0 radical (unpaired) electrons. The molecule has 1 heterocycles. The van der Waals surface area contributed by atoms with Gasteiger partial charge in [-0.1, -0.05) is 29.8 Å². The normalized spacial score (nSPS) is 12.2. The molecule has 3 rings (SSSR count). The smallest absolute Gasteiger partial charge is 0.306 e. The molecule has 8 nitrogen and oxygen atoms in total. The van der Waals surface area contributed by atoms with E-state index in [0.717, 1.165) is 27.9 Å². The number of benzene rings is 2. The average molecular weight is 562 g/mol. The monoisotopic (exact) mass is 561 g/mol. The van der Waals surface area contributed by atoms with E-state index in [-0.39, 0.29) is 18.8 Å². The average Bonchev–Trinajstić information content (AvgIpc) is 2.86. The van der Waals surface area contributed by atoms with Gasteiger partial charge in [-0.25, -0.2) is 13.4 Å². The predicted molar refractivity (Wildman–Crippen MR) is 147 cm³/mol. The standard InChI is InChI=1S/C28H32ClNO7S/c1-4-35-26(17-28(31)32)21-7-9-22(10-8-21)37-18-20-6-12-25(29)24(16-20)23-11-13-27(30-19(23)2)36-14-5-15-38(3,33)34/h6-13,16,26H,4-5,14-15,17-18H2,1-3H3,(H,31,32)/t26-/m0/s1. The molecule has 38 heavy (non-hydrogen) atoms. The minimum absolute atomic E-state index is 0.0667. The van der Waals surface area contributed by atoms with Crippen LogP contribution in [0.5, 0.6) is 11.6 Å². The maximum absolute atomic E-state index is 11.3. The predicted octanol–water partition coefficient (Wildman–Crippen LogP) is 5.66. The van der Waals surface area contributed by atoms with E-state index >= 15 is 0 Å². The first-order valence-electron chi connectivity index (χ1n) is 12.2. The molecule has 0 bridgehead atoms. The highest BCUT2D eigenvalue weighted by Gasteiger charge is 2.16. The van der Waals surface area contributed by atoms with Crippen LogP contribution in [0.2, 0.25) is 5.02 Å². The summed E-state index contributed by atoms with van der Waals surface area (Å²) in [5.41, 5.74) is 4.08. The summed E-state index contributed by atoms with van der Waals surface area (Å²) in [4.78, 5) is 15.6. The van der Waals surface area contributed by atoms with E-state index < -0.39 is 21.9 Å². The fourth-order valence-corrected chi connectivity index (χ4v) is 4.71. The highest BCUT2D eigenvalue weighted by atomic mass is 35.5. The van der Waals surface area contributed by atoms with Gasteiger partial charge in [0.1, 0.15) is 22.2 Å². The molecule has 0 aliphatic rings. The summed E-state index contributed by atoms with van der Waals surface area (Å²) in [5, 5.41) is 9.69. The number of carbonyl (C=O) groups is 1. The van der Waals surface area contributed by atoms with E-state index in [0.29, 0.717) is 36.3 Å². The number of rotatable bonds is 14. The number of pyridine rings is 1. The van der Waals surface area contributed by atoms with Gasteiger partial charge in [-0.3, -0.25) is 4.79 Å². The van der Waals surface area contributed by atoms with Gasteiger partial charge in [0.25, 0.3) is 0 Å². The van der Waals surface area contributed by atoms with Crippen molar-refractivity contribution in [2.45, 2.75) is 39.4 Å². The minimum atomic E-state index is -3.02. The van der Waals surface area contributed by atoms with E-state index in [1.807, 2.05) is 50.2 Å². The van der Waals surface area contributed by atoms with Crippen molar-refractivity contribution < 1.29 is 32.5 Å². The summed E-state index contributed by atoms with van der Waals surface area (Å²) in [6, 6.07) is 16.5. The Labute approximate surface area is 228 Å². The highest BCUT2D eigenvalue weighted by molar-refractivity contribution is 7.90. The molecule has 0 amide bonds. The van der Waals surface area contributed by atoms with Crippen molar-refractivity contribution in [2.24, 2.45) is 0 Å². The van der Waals surface area contributed by atoms with Crippen molar-refractivity contribution >= 4 is 27.4 Å². The molecular formula is C28H32ClNO7S. The fourth-order valence-electron chi connectivity index (χ4n) is 3.85. The lowest BCUT2D eigenvalue weighted by Crippen LogP contribution is -2.10. The van der Waals surface area contributed by atoms with Crippen LogP contribution in [0.1, 0.15) is 42.7 Å². The molecule has 1 atom stereocenters. The Morgan fingerprint density at radius 3 is 2.42 bits per heavy atom. The zero-order valence-electron chi connectivity index (χ0n) is 21.6. The zero-order valence-corrected chi connectivity index (χ0v) is 23.2. The van der Waals surface area contributed by atoms with Gasteiger partial charge in [-0.05, 0) is 61.7 Å². The first kappa shape index (κ1) is 29.4. The number of aryl methyl sites for hydroxylation is 1. The molecule has 0 saturated carbocycles. The van der Waals surface area contributed by atoms with Crippen molar-refractivity contribution in [1.29, 1.82) is 0 Å². The summed E-state index contributed by atoms with van der Waals surface area (Å²) >= 11 is 6.50. The van der Waals surface area contributed by atoms with Crippen LogP contribution in [-0.2, 0) is 26.0 Å². The Kier molecular flexibility index (Phi) is 10.5. The van der Waals surface area contributed by atoms with E-state index in [9.17, 15) is 13.2 Å². The number of carboxylic acid groups (broad SMARTS) is 1. The molecule has 0 saturated heterocycles. The quantitative estimate of drug-likeness (QED) is 0.251. The van der Waals surface area contributed by atoms with Crippen LogP contribution < -0.4 is 9.47 Å². The lowest BCUT2D eigenvalue weighted by molar-refractivity contribution is -0.140. The molecule has 0 fully saturated rings. The second-order valence-corrected chi connectivity index (χ2v) is 11.5. The maximum atomic E-state index is 11.3. The van der Waals surface area contributed by atoms with Gasteiger partial charge in [-0.2, -0.15) is 0 Å². The molecule has 10 heteroatoms. The minimum Gasteiger partial charge on any atom is -0.489 e. The highest BCUT2D eigenvalue weighted by Crippen LogP contribution is 2.32. The number of hydrogen-bond acceptors (Lipinski definition) is 7. The molecular weight excluding hydrogens is 530 g/mol. The Morgan fingerprint density at radius 2 is 1.79 bits per heavy atom. The molecule has 3 aromatic rings. The Hall–Kier alpha value is -3.14. The number of ether oxygens (including phenoxy) is 3. The molecule has 204 valence electrons. The molecule has 1 N–H and O–H groups in total. The van der Waals surface area contributed by atoms with E-state index in [1.165, 1.54) is 6.26 Å². The van der Waals surface area contributed by atoms with Gasteiger partial charge >= 0.3 is 5.97 Å². The van der Waals surface area contributed by atoms with E-state index in [2.05, 4.69) is 4.98 Å². The third kappa shape index (κ3) is 9.01. The summed E-state index contributed by atoms with van der Waals surface area (Å²) < 4.78 is 39.6. The lowest BCUT2D eigenvalue weighted by atomic mass is 10.0. The van der Waals surface area contributed by atoms with Gasteiger partial charge in [0, 0.05) is 40.8 Å². The largest absolute Gasteiger partial charge is 0.489 e. The lowest BCUT2D eigenvalue weighted by Gasteiger charge is -2.16. The Bertz CT molecular complexity index is 1340. The van der Waals surface area contributed by atoms with Crippen LogP contribution in [0.15, 0.2) is 54.6 Å². The first-order valence-corrected chi connectivity index (χ1v) is 14.6. The number of aliphatic carboxylic acids is 1. The van der Waals surface area contributed by atoms with Crippen LogP contribution in [0.4, 0.5) is 0 Å². The molecule has 1 aromatic heterocycles. The Morgan fingerprint density at radius 1 is 1.05 bits per heavy atom. The summed E-state index contributed by atoms with van der Waals surface area (Å²) in [7, 11) is -3.02. The topological polar surface area (TPSA) is 112 Å². The molecule has 0 aliphatic carbocycles. The van der Waals surface area contributed by atoms with Crippen LogP contribution in [0.25, 0.3) is 11.1 Å². The van der Waals surface area contributed by atoms with Gasteiger partial charge in [-0.15, -0.1) is 0 Å². The van der Waals surface area contributed by atoms with Crippen molar-refractivity contribution in [3.8, 4) is 22.8 Å². The zero-order chi connectivity index (χ0) is 27.7. The van der Waals surface area contributed by atoms with Crippen molar-refractivity contribution in [1.82, 2.24) is 4.98 Å². The van der Waals surface area contributed by atoms with Crippen LogP contribution in [0.3, 0.4) is 0 Å². The molecule has 0 spiro atoms. The van der Waals surface area contributed by atoms with E-state index in [1.54, 1.807) is 18.2 Å². The van der Waals surface area contributed by atoms with Gasteiger partial charge < -0.3 is 19.3 Å². The summed E-state index contributed by atoms with van der Waals surface area (Å²) in [6.07, 6.45) is 0.984. The van der Waals surface area contributed by atoms with Gasteiger partial charge in [0.2, 0.25) is 5.88 Å². The number of halogens is 1. The number of carboxylic acids is 1. The van der Waals surface area contributed by atoms with Crippen LogP contribution in [0, 0.1) is 6.92 Å². The second-order valence-electron chi connectivity index (χ2n) is 8.83. The molecule has 2 aromatic carbocycles. The van der Waals surface area contributed by atoms with Crippen molar-refractivity contribution in [3.63, 3.8) is 0 Å². The Balaban J connectivity index is 1.66. The number of hydrogen-bond donors (Lipinski definition) is 1. The van der Waals surface area contributed by atoms with E-state index in [4.69, 9.17) is 30.9 Å². The number of nitrogens with zero attached hydrogens (tertiary/aromatic N) is 1. The van der Waals surface area contributed by atoms with Gasteiger partial charge in [0.15, 0.2) is 0 Å². The van der Waals surface area contributed by atoms with Crippen molar-refractivity contribution in [3.05, 3.63) is 76.4 Å². The number of aromatic nitrogens is 1. The SMILES string of the molecule is CCO[C@@H](CC(=O)O)c1ccc(OCc2ccc(Cl)c(-c3ccc(OCCCS(C)(=O)=O)nc3C)c2)cc1.